The molecular formula is C16H20BrN3O. The summed E-state index contributed by atoms with van der Waals surface area (Å²) in [6, 6.07) is 10.4. The minimum Gasteiger partial charge on any atom is -0.481 e. The Balaban J connectivity index is 2.20. The van der Waals surface area contributed by atoms with Crippen LogP contribution in [0.5, 0.6) is 5.88 Å². The van der Waals surface area contributed by atoms with Crippen LogP contribution in [0.3, 0.4) is 0 Å². The summed E-state index contributed by atoms with van der Waals surface area (Å²) in [7, 11) is 1.62. The lowest BCUT2D eigenvalue weighted by atomic mass is 10.0. The minimum atomic E-state index is 0.149. The summed E-state index contributed by atoms with van der Waals surface area (Å²) < 4.78 is 6.28. The predicted octanol–water partition coefficient (Wildman–Crippen LogP) is 3.53. The van der Waals surface area contributed by atoms with Crippen LogP contribution in [0.2, 0.25) is 0 Å². The van der Waals surface area contributed by atoms with Crippen LogP contribution in [-0.4, -0.2) is 23.6 Å². The molecule has 0 aliphatic carbocycles. The van der Waals surface area contributed by atoms with Crippen molar-refractivity contribution in [1.82, 2.24) is 15.3 Å². The molecule has 112 valence electrons. The van der Waals surface area contributed by atoms with E-state index in [1.807, 2.05) is 12.1 Å². The number of benzene rings is 1. The minimum absolute atomic E-state index is 0.149. The van der Waals surface area contributed by atoms with E-state index in [0.717, 1.165) is 29.6 Å². The highest BCUT2D eigenvalue weighted by molar-refractivity contribution is 9.10. The van der Waals surface area contributed by atoms with Crippen molar-refractivity contribution < 1.29 is 4.74 Å². The number of hydrogen-bond acceptors (Lipinski definition) is 4. The predicted molar refractivity (Wildman–Crippen MR) is 87.5 cm³/mol. The highest BCUT2D eigenvalue weighted by atomic mass is 79.9. The summed E-state index contributed by atoms with van der Waals surface area (Å²) in [4.78, 5) is 8.47. The van der Waals surface area contributed by atoms with Gasteiger partial charge in [0.05, 0.1) is 18.8 Å². The fraction of sp³-hybridized carbons (Fsp3) is 0.375. The van der Waals surface area contributed by atoms with Crippen LogP contribution in [0.25, 0.3) is 0 Å². The van der Waals surface area contributed by atoms with Gasteiger partial charge in [0.15, 0.2) is 0 Å². The van der Waals surface area contributed by atoms with Crippen molar-refractivity contribution in [3.8, 4) is 5.88 Å². The standard InChI is InChI=1S/C16H20BrN3O/c1-3-7-18-14(9-12-5-4-6-13(17)8-12)15-10-16(21-2)20-11-19-15/h4-6,8,10-11,14,18H,3,7,9H2,1-2H3. The van der Waals surface area contributed by atoms with Crippen molar-refractivity contribution >= 4 is 15.9 Å². The number of halogens is 1. The number of nitrogens with one attached hydrogen (secondary N) is 1. The van der Waals surface area contributed by atoms with Crippen molar-refractivity contribution in [3.05, 3.63) is 52.4 Å². The van der Waals surface area contributed by atoms with E-state index in [2.05, 4.69) is 56.3 Å². The van der Waals surface area contributed by atoms with Gasteiger partial charge in [0.2, 0.25) is 5.88 Å². The average molecular weight is 350 g/mol. The van der Waals surface area contributed by atoms with Crippen LogP contribution < -0.4 is 10.1 Å². The van der Waals surface area contributed by atoms with Crippen molar-refractivity contribution in [2.24, 2.45) is 0 Å². The first kappa shape index (κ1) is 15.9. The largest absolute Gasteiger partial charge is 0.481 e. The number of ether oxygens (including phenoxy) is 1. The first-order valence-electron chi connectivity index (χ1n) is 7.06. The Hall–Kier alpha value is -1.46. The molecule has 1 heterocycles. The zero-order chi connectivity index (χ0) is 15.1. The normalized spacial score (nSPS) is 12.1. The average Bonchev–Trinajstić information content (AvgIpc) is 2.51. The molecule has 0 aliphatic heterocycles. The van der Waals surface area contributed by atoms with Gasteiger partial charge in [0.25, 0.3) is 0 Å². The molecule has 21 heavy (non-hydrogen) atoms. The molecule has 2 aromatic rings. The van der Waals surface area contributed by atoms with Crippen LogP contribution in [0.4, 0.5) is 0 Å². The van der Waals surface area contributed by atoms with Crippen molar-refractivity contribution in [1.29, 1.82) is 0 Å². The summed E-state index contributed by atoms with van der Waals surface area (Å²) in [5, 5.41) is 3.54. The number of rotatable bonds is 7. The molecule has 5 heteroatoms. The highest BCUT2D eigenvalue weighted by Crippen LogP contribution is 2.21. The van der Waals surface area contributed by atoms with Crippen LogP contribution in [-0.2, 0) is 6.42 Å². The second-order valence-corrected chi connectivity index (χ2v) is 5.74. The molecule has 1 aromatic carbocycles. The van der Waals surface area contributed by atoms with E-state index < -0.39 is 0 Å². The van der Waals surface area contributed by atoms with Gasteiger partial charge in [0, 0.05) is 10.5 Å². The molecule has 1 unspecified atom stereocenters. The fourth-order valence-corrected chi connectivity index (χ4v) is 2.60. The topological polar surface area (TPSA) is 47.0 Å². The van der Waals surface area contributed by atoms with E-state index in [9.17, 15) is 0 Å². The zero-order valence-corrected chi connectivity index (χ0v) is 13.9. The number of methoxy groups -OCH3 is 1. The summed E-state index contributed by atoms with van der Waals surface area (Å²) in [5.74, 6) is 0.595. The Morgan fingerprint density at radius 3 is 2.86 bits per heavy atom. The molecule has 0 radical (unpaired) electrons. The van der Waals surface area contributed by atoms with E-state index in [1.54, 1.807) is 13.4 Å². The fourth-order valence-electron chi connectivity index (χ4n) is 2.16. The van der Waals surface area contributed by atoms with Crippen LogP contribution in [0.15, 0.2) is 41.1 Å². The van der Waals surface area contributed by atoms with E-state index in [0.29, 0.717) is 5.88 Å². The molecule has 0 aliphatic rings. The SMILES string of the molecule is CCCNC(Cc1cccc(Br)c1)c1cc(OC)ncn1. The molecule has 0 saturated carbocycles. The van der Waals surface area contributed by atoms with Gasteiger partial charge < -0.3 is 10.1 Å². The van der Waals surface area contributed by atoms with E-state index >= 15 is 0 Å². The number of hydrogen-bond donors (Lipinski definition) is 1. The third kappa shape index (κ3) is 4.79. The second-order valence-electron chi connectivity index (χ2n) is 4.83. The Morgan fingerprint density at radius 2 is 2.14 bits per heavy atom. The molecule has 1 aromatic heterocycles. The Kier molecular flexibility index (Phi) is 6.14. The van der Waals surface area contributed by atoms with Gasteiger partial charge >= 0.3 is 0 Å². The maximum Gasteiger partial charge on any atom is 0.216 e. The highest BCUT2D eigenvalue weighted by Gasteiger charge is 2.14. The van der Waals surface area contributed by atoms with Crippen LogP contribution in [0, 0.1) is 0 Å². The lowest BCUT2D eigenvalue weighted by Crippen LogP contribution is -2.25. The first-order chi connectivity index (χ1) is 10.2. The Bertz CT molecular complexity index is 577. The van der Waals surface area contributed by atoms with Gasteiger partial charge in [-0.25, -0.2) is 9.97 Å². The van der Waals surface area contributed by atoms with Crippen molar-refractivity contribution in [2.75, 3.05) is 13.7 Å². The molecule has 0 amide bonds. The van der Waals surface area contributed by atoms with Gasteiger partial charge in [-0.3, -0.25) is 0 Å². The zero-order valence-electron chi connectivity index (χ0n) is 12.3. The summed E-state index contributed by atoms with van der Waals surface area (Å²) in [6.45, 7) is 3.11. The maximum absolute atomic E-state index is 5.19. The van der Waals surface area contributed by atoms with Gasteiger partial charge in [-0.1, -0.05) is 35.0 Å². The van der Waals surface area contributed by atoms with E-state index in [1.165, 1.54) is 5.56 Å². The molecule has 0 fully saturated rings. The second kappa shape index (κ2) is 8.10. The Labute approximate surface area is 134 Å². The quantitative estimate of drug-likeness (QED) is 0.830. The molecule has 4 nitrogen and oxygen atoms in total. The van der Waals surface area contributed by atoms with Gasteiger partial charge in [-0.2, -0.15) is 0 Å². The van der Waals surface area contributed by atoms with Crippen LogP contribution in [0.1, 0.15) is 30.6 Å². The summed E-state index contributed by atoms with van der Waals surface area (Å²) in [5.41, 5.74) is 2.21. The van der Waals surface area contributed by atoms with E-state index in [-0.39, 0.29) is 6.04 Å². The molecule has 2 rings (SSSR count). The third-order valence-electron chi connectivity index (χ3n) is 3.20. The molecular weight excluding hydrogens is 330 g/mol. The van der Waals surface area contributed by atoms with Gasteiger partial charge in [-0.05, 0) is 37.1 Å². The van der Waals surface area contributed by atoms with Gasteiger partial charge in [0.1, 0.15) is 6.33 Å². The lowest BCUT2D eigenvalue weighted by molar-refractivity contribution is 0.393. The smallest absolute Gasteiger partial charge is 0.216 e. The molecule has 0 bridgehead atoms. The van der Waals surface area contributed by atoms with Gasteiger partial charge in [-0.15, -0.1) is 0 Å². The molecule has 0 saturated heterocycles. The van der Waals surface area contributed by atoms with Crippen LogP contribution >= 0.6 is 15.9 Å². The molecule has 1 atom stereocenters. The molecule has 0 spiro atoms. The lowest BCUT2D eigenvalue weighted by Gasteiger charge is -2.18. The maximum atomic E-state index is 5.19. The monoisotopic (exact) mass is 349 g/mol. The van der Waals surface area contributed by atoms with Crippen molar-refractivity contribution in [3.63, 3.8) is 0 Å². The first-order valence-corrected chi connectivity index (χ1v) is 7.86. The Morgan fingerprint density at radius 1 is 1.29 bits per heavy atom. The summed E-state index contributed by atoms with van der Waals surface area (Å²) in [6.07, 6.45) is 3.51. The third-order valence-corrected chi connectivity index (χ3v) is 3.69. The molecule has 1 N–H and O–H groups in total. The number of nitrogens with zero attached hydrogens (tertiary/aromatic N) is 2. The van der Waals surface area contributed by atoms with Crippen molar-refractivity contribution in [2.45, 2.75) is 25.8 Å². The number of aromatic nitrogens is 2. The van der Waals surface area contributed by atoms with E-state index in [4.69, 9.17) is 4.74 Å². The summed E-state index contributed by atoms with van der Waals surface area (Å²) >= 11 is 3.52.